The lowest BCUT2D eigenvalue weighted by Crippen LogP contribution is -2.41. The first-order chi connectivity index (χ1) is 7.22. The summed E-state index contributed by atoms with van der Waals surface area (Å²) in [6.07, 6.45) is 1.55. The molecular weight excluding hydrogens is 192 g/mol. The lowest BCUT2D eigenvalue weighted by Gasteiger charge is -2.13. The van der Waals surface area contributed by atoms with E-state index in [0.717, 1.165) is 18.2 Å². The fraction of sp³-hybridized carbons (Fsp3) is 0.600. The van der Waals surface area contributed by atoms with Gasteiger partial charge < -0.3 is 15.2 Å². The van der Waals surface area contributed by atoms with Crippen molar-refractivity contribution in [3.05, 3.63) is 18.0 Å². The molecule has 0 radical (unpaired) electrons. The first-order valence-electron chi connectivity index (χ1n) is 5.16. The van der Waals surface area contributed by atoms with E-state index in [0.29, 0.717) is 12.6 Å². The highest BCUT2D eigenvalue weighted by molar-refractivity contribution is 5.79. The summed E-state index contributed by atoms with van der Waals surface area (Å²) in [4.78, 5) is 4.37. The second-order valence-corrected chi connectivity index (χ2v) is 3.48. The summed E-state index contributed by atoms with van der Waals surface area (Å²) in [5.41, 5.74) is 0.830. The molecule has 2 N–H and O–H groups in total. The van der Waals surface area contributed by atoms with Gasteiger partial charge in [-0.2, -0.15) is 0 Å². The van der Waals surface area contributed by atoms with E-state index >= 15 is 0 Å². The normalized spacial score (nSPS) is 11.9. The molecule has 1 rings (SSSR count). The van der Waals surface area contributed by atoms with Crippen molar-refractivity contribution in [2.75, 3.05) is 6.54 Å². The average Bonchev–Trinajstić information content (AvgIpc) is 2.66. The number of aromatic nitrogens is 1. The van der Waals surface area contributed by atoms with Gasteiger partial charge in [0.1, 0.15) is 12.0 Å². The van der Waals surface area contributed by atoms with Crippen molar-refractivity contribution in [1.82, 2.24) is 15.8 Å². The lowest BCUT2D eigenvalue weighted by atomic mass is 10.4. The van der Waals surface area contributed by atoms with Crippen molar-refractivity contribution in [2.24, 2.45) is 4.99 Å². The molecule has 84 valence electrons. The van der Waals surface area contributed by atoms with Crippen LogP contribution >= 0.6 is 0 Å². The fourth-order valence-corrected chi connectivity index (χ4v) is 1.07. The maximum absolute atomic E-state index is 4.73. The lowest BCUT2D eigenvalue weighted by molar-refractivity contribution is 0.412. The minimum atomic E-state index is 0.361. The molecular formula is C10H18N4O. The molecule has 0 saturated carbocycles. The van der Waals surface area contributed by atoms with Crippen LogP contribution in [0, 0.1) is 0 Å². The summed E-state index contributed by atoms with van der Waals surface area (Å²) in [5.74, 6) is 0.801. The first-order valence-corrected chi connectivity index (χ1v) is 5.16. The van der Waals surface area contributed by atoms with Crippen LogP contribution in [-0.4, -0.2) is 23.7 Å². The number of hydrogen-bond donors (Lipinski definition) is 2. The molecule has 0 aromatic carbocycles. The molecule has 0 amide bonds. The van der Waals surface area contributed by atoms with Gasteiger partial charge in [-0.3, -0.25) is 0 Å². The smallest absolute Gasteiger partial charge is 0.191 e. The van der Waals surface area contributed by atoms with Crippen LogP contribution in [-0.2, 0) is 6.54 Å². The highest BCUT2D eigenvalue weighted by Gasteiger charge is 2.00. The predicted octanol–water partition coefficient (Wildman–Crippen LogP) is 1.14. The van der Waals surface area contributed by atoms with Gasteiger partial charge >= 0.3 is 0 Å². The molecule has 0 unspecified atom stereocenters. The third kappa shape index (κ3) is 4.49. The van der Waals surface area contributed by atoms with Crippen LogP contribution in [0.3, 0.4) is 0 Å². The molecule has 5 heteroatoms. The summed E-state index contributed by atoms with van der Waals surface area (Å²) in [7, 11) is 0. The SMILES string of the molecule is CCNC(=NCc1ccon1)NC(C)C. The summed E-state index contributed by atoms with van der Waals surface area (Å²) >= 11 is 0. The summed E-state index contributed by atoms with van der Waals surface area (Å²) in [5, 5.41) is 10.2. The van der Waals surface area contributed by atoms with Gasteiger partial charge in [-0.1, -0.05) is 5.16 Å². The van der Waals surface area contributed by atoms with Gasteiger partial charge in [0.05, 0.1) is 6.54 Å². The van der Waals surface area contributed by atoms with Crippen LogP contribution in [0.15, 0.2) is 21.8 Å². The topological polar surface area (TPSA) is 62.5 Å². The molecule has 0 aliphatic carbocycles. The zero-order chi connectivity index (χ0) is 11.1. The van der Waals surface area contributed by atoms with Gasteiger partial charge in [-0.25, -0.2) is 4.99 Å². The van der Waals surface area contributed by atoms with Gasteiger partial charge in [0.15, 0.2) is 5.96 Å². The molecule has 0 atom stereocenters. The fourth-order valence-electron chi connectivity index (χ4n) is 1.07. The second-order valence-electron chi connectivity index (χ2n) is 3.48. The maximum atomic E-state index is 4.73. The molecule has 0 bridgehead atoms. The molecule has 0 aliphatic heterocycles. The molecule has 1 heterocycles. The third-order valence-electron chi connectivity index (χ3n) is 1.66. The first kappa shape index (κ1) is 11.6. The average molecular weight is 210 g/mol. The Morgan fingerprint density at radius 2 is 2.40 bits per heavy atom. The van der Waals surface area contributed by atoms with E-state index in [4.69, 9.17) is 4.52 Å². The third-order valence-corrected chi connectivity index (χ3v) is 1.66. The van der Waals surface area contributed by atoms with Crippen molar-refractivity contribution in [3.63, 3.8) is 0 Å². The minimum Gasteiger partial charge on any atom is -0.364 e. The Hall–Kier alpha value is -1.52. The number of hydrogen-bond acceptors (Lipinski definition) is 3. The molecule has 0 spiro atoms. The molecule has 0 saturated heterocycles. The van der Waals surface area contributed by atoms with Crippen molar-refractivity contribution in [2.45, 2.75) is 33.4 Å². The van der Waals surface area contributed by atoms with E-state index in [9.17, 15) is 0 Å². The standard InChI is InChI=1S/C10H18N4O/c1-4-11-10(13-8(2)3)12-7-9-5-6-15-14-9/h5-6,8H,4,7H2,1-3H3,(H2,11,12,13). The zero-order valence-electron chi connectivity index (χ0n) is 9.45. The number of nitrogens with zero attached hydrogens (tertiary/aromatic N) is 2. The van der Waals surface area contributed by atoms with Gasteiger partial charge in [0, 0.05) is 18.7 Å². The van der Waals surface area contributed by atoms with E-state index in [1.807, 2.05) is 13.0 Å². The molecule has 1 aromatic rings. The summed E-state index contributed by atoms with van der Waals surface area (Å²) in [6.45, 7) is 7.55. The molecule has 5 nitrogen and oxygen atoms in total. The molecule has 1 aromatic heterocycles. The summed E-state index contributed by atoms with van der Waals surface area (Å²) in [6, 6.07) is 2.17. The monoisotopic (exact) mass is 210 g/mol. The van der Waals surface area contributed by atoms with Crippen LogP contribution in [0.4, 0.5) is 0 Å². The Morgan fingerprint density at radius 1 is 1.60 bits per heavy atom. The van der Waals surface area contributed by atoms with E-state index < -0.39 is 0 Å². The highest BCUT2D eigenvalue weighted by Crippen LogP contribution is 1.96. The van der Waals surface area contributed by atoms with Crippen molar-refractivity contribution in [1.29, 1.82) is 0 Å². The molecule has 15 heavy (non-hydrogen) atoms. The number of guanidine groups is 1. The quantitative estimate of drug-likeness (QED) is 0.578. The van der Waals surface area contributed by atoms with Crippen molar-refractivity contribution >= 4 is 5.96 Å². The number of nitrogens with one attached hydrogen (secondary N) is 2. The second kappa shape index (κ2) is 6.06. The van der Waals surface area contributed by atoms with Crippen LogP contribution in [0.25, 0.3) is 0 Å². The van der Waals surface area contributed by atoms with E-state index in [2.05, 4.69) is 34.6 Å². The zero-order valence-corrected chi connectivity index (χ0v) is 9.45. The van der Waals surface area contributed by atoms with E-state index in [1.54, 1.807) is 6.26 Å². The van der Waals surface area contributed by atoms with Gasteiger partial charge in [0.2, 0.25) is 0 Å². The molecule has 0 fully saturated rings. The molecule has 0 aliphatic rings. The number of rotatable bonds is 4. The Morgan fingerprint density at radius 3 is 2.93 bits per heavy atom. The Bertz CT molecular complexity index is 292. The van der Waals surface area contributed by atoms with E-state index in [-0.39, 0.29) is 0 Å². The number of aliphatic imine (C=N–C) groups is 1. The van der Waals surface area contributed by atoms with Crippen LogP contribution in [0.5, 0.6) is 0 Å². The van der Waals surface area contributed by atoms with E-state index in [1.165, 1.54) is 0 Å². The minimum absolute atomic E-state index is 0.361. The maximum Gasteiger partial charge on any atom is 0.191 e. The van der Waals surface area contributed by atoms with Crippen molar-refractivity contribution < 1.29 is 4.52 Å². The van der Waals surface area contributed by atoms with Gasteiger partial charge in [-0.15, -0.1) is 0 Å². The highest BCUT2D eigenvalue weighted by atomic mass is 16.5. The van der Waals surface area contributed by atoms with Gasteiger partial charge in [0.25, 0.3) is 0 Å². The van der Waals surface area contributed by atoms with Crippen LogP contribution in [0.1, 0.15) is 26.5 Å². The van der Waals surface area contributed by atoms with Gasteiger partial charge in [-0.05, 0) is 20.8 Å². The largest absolute Gasteiger partial charge is 0.364 e. The Kier molecular flexibility index (Phi) is 4.66. The summed E-state index contributed by atoms with van der Waals surface area (Å²) < 4.78 is 4.73. The Balaban J connectivity index is 2.50. The van der Waals surface area contributed by atoms with Crippen molar-refractivity contribution in [3.8, 4) is 0 Å². The van der Waals surface area contributed by atoms with Crippen LogP contribution < -0.4 is 10.6 Å². The Labute approximate surface area is 89.9 Å². The predicted molar refractivity (Wildman–Crippen MR) is 59.6 cm³/mol. The van der Waals surface area contributed by atoms with Crippen LogP contribution in [0.2, 0.25) is 0 Å².